The molecule has 0 rings (SSSR count). The van der Waals surface area contributed by atoms with Crippen molar-refractivity contribution in [2.24, 2.45) is 0 Å². The molecule has 76 heavy (non-hydrogen) atoms. The number of nitrogens with one attached hydrogen (secondary N) is 1. The normalized spacial score (nSPS) is 12.6. The minimum Gasteiger partial charge on any atom is -0.466 e. The summed E-state index contributed by atoms with van der Waals surface area (Å²) in [5.74, 6) is -0.0505. The molecule has 0 aliphatic carbocycles. The molecule has 0 spiro atoms. The van der Waals surface area contributed by atoms with Gasteiger partial charge >= 0.3 is 5.97 Å². The van der Waals surface area contributed by atoms with E-state index in [-0.39, 0.29) is 18.5 Å². The van der Waals surface area contributed by atoms with Crippen molar-refractivity contribution in [2.75, 3.05) is 13.2 Å². The Kier molecular flexibility index (Phi) is 64.4. The molecule has 0 aromatic rings. The minimum atomic E-state index is -0.841. The van der Waals surface area contributed by atoms with Crippen molar-refractivity contribution < 1.29 is 24.5 Å². The van der Waals surface area contributed by atoms with Crippen LogP contribution in [0.3, 0.4) is 0 Å². The molecule has 0 saturated heterocycles. The molecule has 0 fully saturated rings. The maximum Gasteiger partial charge on any atom is 0.305 e. The van der Waals surface area contributed by atoms with Gasteiger partial charge in [-0.3, -0.25) is 9.59 Å². The standard InChI is InChI=1S/C70H135NO5/c1-3-5-7-9-11-13-15-16-17-36-39-43-46-50-54-58-62-68(73)67(66-72)71-69(74)63-59-55-51-47-44-40-37-34-32-30-28-26-24-22-20-18-19-21-23-25-27-29-31-33-35-38-41-45-49-53-57-61-65-76-70(75)64-60-56-52-48-42-14-12-10-8-6-4-2/h10,12,58,62,67-68,72-73H,3-9,11,13-57,59-61,63-66H2,1-2H3,(H,71,74)/b12-10-,62-58+. The lowest BCUT2D eigenvalue weighted by Crippen LogP contribution is -2.45. The number of ether oxygens (including phenoxy) is 1. The van der Waals surface area contributed by atoms with E-state index in [9.17, 15) is 19.8 Å². The quantitative estimate of drug-likeness (QED) is 0.0320. The molecule has 2 atom stereocenters. The number of hydrogen-bond donors (Lipinski definition) is 3. The number of aliphatic hydroxyl groups is 2. The number of unbranched alkanes of at least 4 members (excludes halogenated alkanes) is 52. The molecule has 0 heterocycles. The second-order valence-electron chi connectivity index (χ2n) is 23.9. The molecule has 0 radical (unpaired) electrons. The molecule has 3 N–H and O–H groups in total. The van der Waals surface area contributed by atoms with Crippen LogP contribution in [-0.2, 0) is 14.3 Å². The summed E-state index contributed by atoms with van der Waals surface area (Å²) in [5, 5.41) is 23.2. The van der Waals surface area contributed by atoms with Gasteiger partial charge in [-0.2, -0.15) is 0 Å². The number of hydrogen-bond acceptors (Lipinski definition) is 5. The highest BCUT2D eigenvalue weighted by Gasteiger charge is 2.18. The molecule has 0 saturated carbocycles. The number of amides is 1. The van der Waals surface area contributed by atoms with Crippen molar-refractivity contribution in [3.8, 4) is 0 Å². The topological polar surface area (TPSA) is 95.9 Å². The van der Waals surface area contributed by atoms with E-state index in [1.807, 2.05) is 6.08 Å². The maximum atomic E-state index is 12.5. The first-order chi connectivity index (χ1) is 37.5. The van der Waals surface area contributed by atoms with Crippen LogP contribution in [0.25, 0.3) is 0 Å². The Morgan fingerprint density at radius 3 is 0.974 bits per heavy atom. The average molecular weight is 1070 g/mol. The summed E-state index contributed by atoms with van der Waals surface area (Å²) in [5.41, 5.74) is 0. The molecule has 0 aliphatic rings. The van der Waals surface area contributed by atoms with E-state index in [1.54, 1.807) is 6.08 Å². The van der Waals surface area contributed by atoms with E-state index < -0.39 is 12.1 Å². The first kappa shape index (κ1) is 74.3. The third-order valence-electron chi connectivity index (χ3n) is 16.2. The summed E-state index contributed by atoms with van der Waals surface area (Å²) < 4.78 is 5.47. The first-order valence-electron chi connectivity index (χ1n) is 34.6. The van der Waals surface area contributed by atoms with Crippen molar-refractivity contribution >= 4 is 11.9 Å². The lowest BCUT2D eigenvalue weighted by atomic mass is 10.0. The zero-order valence-corrected chi connectivity index (χ0v) is 51.5. The first-order valence-corrected chi connectivity index (χ1v) is 34.6. The van der Waals surface area contributed by atoms with Gasteiger partial charge in [-0.15, -0.1) is 0 Å². The van der Waals surface area contributed by atoms with Gasteiger partial charge in [-0.1, -0.05) is 346 Å². The average Bonchev–Trinajstić information content (AvgIpc) is 3.42. The number of carbonyl (C=O) groups excluding carboxylic acids is 2. The molecule has 0 aliphatic heterocycles. The molecule has 0 aromatic carbocycles. The number of carbonyl (C=O) groups is 2. The fraction of sp³-hybridized carbons (Fsp3) is 0.914. The van der Waals surface area contributed by atoms with Crippen LogP contribution >= 0.6 is 0 Å². The lowest BCUT2D eigenvalue weighted by molar-refractivity contribution is -0.143. The lowest BCUT2D eigenvalue weighted by Gasteiger charge is -2.20. The molecule has 0 aromatic heterocycles. The third kappa shape index (κ3) is 61.6. The Labute approximate surface area is 475 Å². The second-order valence-corrected chi connectivity index (χ2v) is 23.9. The predicted octanol–water partition coefficient (Wildman–Crippen LogP) is 22.1. The van der Waals surface area contributed by atoms with E-state index in [4.69, 9.17) is 4.74 Å². The van der Waals surface area contributed by atoms with E-state index in [1.165, 1.54) is 315 Å². The Bertz CT molecular complexity index is 1190. The van der Waals surface area contributed by atoms with Crippen molar-refractivity contribution in [1.29, 1.82) is 0 Å². The zero-order valence-electron chi connectivity index (χ0n) is 51.5. The van der Waals surface area contributed by atoms with Gasteiger partial charge in [0.2, 0.25) is 5.91 Å². The highest BCUT2D eigenvalue weighted by molar-refractivity contribution is 5.76. The van der Waals surface area contributed by atoms with E-state index in [0.717, 1.165) is 44.9 Å². The Morgan fingerprint density at radius 2 is 0.632 bits per heavy atom. The van der Waals surface area contributed by atoms with Crippen molar-refractivity contribution in [2.45, 2.75) is 398 Å². The van der Waals surface area contributed by atoms with Crippen LogP contribution in [0.15, 0.2) is 24.3 Å². The van der Waals surface area contributed by atoms with Crippen LogP contribution in [0.1, 0.15) is 386 Å². The summed E-state index contributed by atoms with van der Waals surface area (Å²) in [7, 11) is 0. The Morgan fingerprint density at radius 1 is 0.355 bits per heavy atom. The molecule has 1 amide bonds. The van der Waals surface area contributed by atoms with E-state index >= 15 is 0 Å². The van der Waals surface area contributed by atoms with Gasteiger partial charge in [0.25, 0.3) is 0 Å². The number of rotatable bonds is 65. The summed E-state index contributed by atoms with van der Waals surface area (Å²) >= 11 is 0. The highest BCUT2D eigenvalue weighted by Crippen LogP contribution is 2.19. The Hall–Kier alpha value is -1.66. The zero-order chi connectivity index (χ0) is 55.0. The van der Waals surface area contributed by atoms with Crippen LogP contribution < -0.4 is 5.32 Å². The number of esters is 1. The van der Waals surface area contributed by atoms with Gasteiger partial charge in [0.05, 0.1) is 25.4 Å². The van der Waals surface area contributed by atoms with Gasteiger partial charge in [-0.25, -0.2) is 0 Å². The summed E-state index contributed by atoms with van der Waals surface area (Å²) in [4.78, 5) is 24.5. The summed E-state index contributed by atoms with van der Waals surface area (Å²) in [6.45, 7) is 4.90. The molecule has 6 nitrogen and oxygen atoms in total. The van der Waals surface area contributed by atoms with E-state index in [2.05, 4.69) is 31.3 Å². The van der Waals surface area contributed by atoms with Gasteiger partial charge < -0.3 is 20.3 Å². The van der Waals surface area contributed by atoms with Crippen LogP contribution in [0.4, 0.5) is 0 Å². The number of allylic oxidation sites excluding steroid dienone is 3. The molecule has 6 heteroatoms. The van der Waals surface area contributed by atoms with Crippen molar-refractivity contribution in [3.05, 3.63) is 24.3 Å². The molecule has 0 bridgehead atoms. The predicted molar refractivity (Wildman–Crippen MR) is 333 cm³/mol. The SMILES string of the molecule is CCCC/C=C\CCCCCCCC(=O)OCCCCCCCCCCCCCCCCCCCCCCCCCCCCCCCCCCC(=O)NC(CO)C(O)/C=C/CCCCCCCCCCCCCCCC. The molecular weight excluding hydrogens is 935 g/mol. The largest absolute Gasteiger partial charge is 0.466 e. The second kappa shape index (κ2) is 65.9. The maximum absolute atomic E-state index is 12.5. The van der Waals surface area contributed by atoms with E-state index in [0.29, 0.717) is 19.4 Å². The molecule has 450 valence electrons. The summed E-state index contributed by atoms with van der Waals surface area (Å²) in [6, 6.07) is -0.624. The van der Waals surface area contributed by atoms with Crippen LogP contribution in [0, 0.1) is 0 Å². The van der Waals surface area contributed by atoms with Gasteiger partial charge in [0, 0.05) is 12.8 Å². The molecule has 2 unspecified atom stereocenters. The Balaban J connectivity index is 3.34. The fourth-order valence-electron chi connectivity index (χ4n) is 10.9. The highest BCUT2D eigenvalue weighted by atomic mass is 16.5. The third-order valence-corrected chi connectivity index (χ3v) is 16.2. The van der Waals surface area contributed by atoms with Crippen LogP contribution in [0.2, 0.25) is 0 Å². The molecular formula is C70H135NO5. The summed E-state index contributed by atoms with van der Waals surface area (Å²) in [6.07, 6.45) is 82.6. The van der Waals surface area contributed by atoms with Crippen molar-refractivity contribution in [3.63, 3.8) is 0 Å². The van der Waals surface area contributed by atoms with Gasteiger partial charge in [-0.05, 0) is 51.4 Å². The minimum absolute atomic E-state index is 0.0102. The fourth-order valence-corrected chi connectivity index (χ4v) is 10.9. The van der Waals surface area contributed by atoms with Gasteiger partial charge in [0.15, 0.2) is 0 Å². The smallest absolute Gasteiger partial charge is 0.305 e. The van der Waals surface area contributed by atoms with Crippen LogP contribution in [0.5, 0.6) is 0 Å². The monoisotopic (exact) mass is 1070 g/mol. The van der Waals surface area contributed by atoms with Crippen LogP contribution in [-0.4, -0.2) is 47.4 Å². The number of aliphatic hydroxyl groups excluding tert-OH is 2. The van der Waals surface area contributed by atoms with Crippen molar-refractivity contribution in [1.82, 2.24) is 5.32 Å². The van der Waals surface area contributed by atoms with Gasteiger partial charge in [0.1, 0.15) is 0 Å².